The monoisotopic (exact) mass is 343 g/mol. The summed E-state index contributed by atoms with van der Waals surface area (Å²) in [6, 6.07) is 5.57. The van der Waals surface area contributed by atoms with E-state index >= 15 is 0 Å². The fourth-order valence-corrected chi connectivity index (χ4v) is 2.81. The number of hydrogen-bond donors (Lipinski definition) is 0. The minimum absolute atomic E-state index is 0.246. The molecule has 2 aromatic heterocycles. The molecule has 0 aliphatic heterocycles. The summed E-state index contributed by atoms with van der Waals surface area (Å²) in [5, 5.41) is 2.13. The molecule has 0 amide bonds. The average Bonchev–Trinajstić information content (AvgIpc) is 2.31. The standard InChI is InChI=1S/C12H11BrClN3S/c1-7(2)11-16-9(14)6-10(17-11)18-12-8(13)4-3-5-15-12/h3-7H,1-2H3. The van der Waals surface area contributed by atoms with Crippen LogP contribution in [0, 0.1) is 0 Å². The van der Waals surface area contributed by atoms with Crippen molar-refractivity contribution in [3.8, 4) is 0 Å². The fraction of sp³-hybridized carbons (Fsp3) is 0.250. The van der Waals surface area contributed by atoms with Crippen LogP contribution in [0.25, 0.3) is 0 Å². The highest BCUT2D eigenvalue weighted by Crippen LogP contribution is 2.31. The first-order chi connectivity index (χ1) is 8.56. The predicted octanol–water partition coefficient (Wildman–Crippen LogP) is 4.56. The first kappa shape index (κ1) is 13.8. The molecular weight excluding hydrogens is 334 g/mol. The van der Waals surface area contributed by atoms with Crippen molar-refractivity contribution in [3.05, 3.63) is 39.8 Å². The van der Waals surface area contributed by atoms with Crippen molar-refractivity contribution in [1.29, 1.82) is 0 Å². The minimum Gasteiger partial charge on any atom is -0.248 e. The summed E-state index contributed by atoms with van der Waals surface area (Å²) in [5.41, 5.74) is 0. The lowest BCUT2D eigenvalue weighted by molar-refractivity contribution is 0.753. The van der Waals surface area contributed by atoms with Crippen LogP contribution < -0.4 is 0 Å². The van der Waals surface area contributed by atoms with Crippen molar-refractivity contribution >= 4 is 39.3 Å². The van der Waals surface area contributed by atoms with Gasteiger partial charge in [0.1, 0.15) is 21.0 Å². The molecule has 0 radical (unpaired) electrons. The molecule has 18 heavy (non-hydrogen) atoms. The minimum atomic E-state index is 0.246. The highest BCUT2D eigenvalue weighted by molar-refractivity contribution is 9.10. The Morgan fingerprint density at radius 3 is 2.78 bits per heavy atom. The third-order valence-corrected chi connectivity index (χ3v) is 4.16. The molecule has 0 saturated carbocycles. The molecule has 0 aliphatic rings. The van der Waals surface area contributed by atoms with Gasteiger partial charge >= 0.3 is 0 Å². The highest BCUT2D eigenvalue weighted by Gasteiger charge is 2.10. The van der Waals surface area contributed by atoms with Crippen LogP contribution >= 0.6 is 39.3 Å². The maximum Gasteiger partial charge on any atom is 0.133 e. The van der Waals surface area contributed by atoms with Gasteiger partial charge in [0.2, 0.25) is 0 Å². The normalized spacial score (nSPS) is 10.9. The third-order valence-electron chi connectivity index (χ3n) is 2.13. The van der Waals surface area contributed by atoms with Crippen LogP contribution in [0.1, 0.15) is 25.6 Å². The Kier molecular flexibility index (Phi) is 4.59. The molecule has 0 bridgehead atoms. The zero-order valence-corrected chi connectivity index (χ0v) is 13.1. The second kappa shape index (κ2) is 5.99. The van der Waals surface area contributed by atoms with Crippen molar-refractivity contribution in [1.82, 2.24) is 15.0 Å². The Bertz CT molecular complexity index is 563. The van der Waals surface area contributed by atoms with Crippen LogP contribution in [0.5, 0.6) is 0 Å². The first-order valence-corrected chi connectivity index (χ1v) is 7.38. The van der Waals surface area contributed by atoms with Gasteiger partial charge in [0, 0.05) is 18.2 Å². The molecule has 0 fully saturated rings. The van der Waals surface area contributed by atoms with Crippen molar-refractivity contribution in [2.24, 2.45) is 0 Å². The molecule has 94 valence electrons. The predicted molar refractivity (Wildman–Crippen MR) is 77.2 cm³/mol. The third kappa shape index (κ3) is 3.43. The molecule has 0 aliphatic carbocycles. The number of pyridine rings is 1. The zero-order chi connectivity index (χ0) is 13.1. The van der Waals surface area contributed by atoms with Crippen LogP contribution in [-0.2, 0) is 0 Å². The number of rotatable bonds is 3. The molecule has 3 nitrogen and oxygen atoms in total. The van der Waals surface area contributed by atoms with E-state index in [2.05, 4.69) is 30.9 Å². The molecule has 0 atom stereocenters. The van der Waals surface area contributed by atoms with Gasteiger partial charge in [-0.25, -0.2) is 15.0 Å². The first-order valence-electron chi connectivity index (χ1n) is 5.39. The summed E-state index contributed by atoms with van der Waals surface area (Å²) < 4.78 is 0.941. The van der Waals surface area contributed by atoms with Gasteiger partial charge in [-0.05, 0) is 39.8 Å². The van der Waals surface area contributed by atoms with Gasteiger partial charge in [0.05, 0.1) is 4.47 Å². The van der Waals surface area contributed by atoms with Gasteiger partial charge in [0.25, 0.3) is 0 Å². The Morgan fingerprint density at radius 1 is 1.33 bits per heavy atom. The van der Waals surface area contributed by atoms with Gasteiger partial charge in [0.15, 0.2) is 0 Å². The number of nitrogens with zero attached hydrogens (tertiary/aromatic N) is 3. The Hall–Kier alpha value is -0.650. The topological polar surface area (TPSA) is 38.7 Å². The molecule has 0 saturated heterocycles. The van der Waals surface area contributed by atoms with E-state index < -0.39 is 0 Å². The lowest BCUT2D eigenvalue weighted by Gasteiger charge is -2.07. The van der Waals surface area contributed by atoms with Gasteiger partial charge in [-0.2, -0.15) is 0 Å². The molecule has 2 rings (SSSR count). The molecule has 2 heterocycles. The van der Waals surface area contributed by atoms with E-state index in [1.165, 1.54) is 11.8 Å². The van der Waals surface area contributed by atoms with Gasteiger partial charge in [-0.1, -0.05) is 25.4 Å². The summed E-state index contributed by atoms with van der Waals surface area (Å²) >= 11 is 10.9. The van der Waals surface area contributed by atoms with E-state index in [4.69, 9.17) is 11.6 Å². The molecule has 2 aromatic rings. The van der Waals surface area contributed by atoms with Crippen LogP contribution in [0.3, 0.4) is 0 Å². The van der Waals surface area contributed by atoms with E-state index in [0.29, 0.717) is 5.15 Å². The van der Waals surface area contributed by atoms with E-state index in [0.717, 1.165) is 20.3 Å². The molecule has 0 unspecified atom stereocenters. The molecular formula is C12H11BrClN3S. The van der Waals surface area contributed by atoms with Crippen LogP contribution in [0.2, 0.25) is 5.15 Å². The summed E-state index contributed by atoms with van der Waals surface area (Å²) in [6.07, 6.45) is 1.75. The van der Waals surface area contributed by atoms with Gasteiger partial charge in [-0.3, -0.25) is 0 Å². The molecule has 6 heteroatoms. The van der Waals surface area contributed by atoms with E-state index in [-0.39, 0.29) is 5.92 Å². The van der Waals surface area contributed by atoms with E-state index in [1.54, 1.807) is 12.3 Å². The summed E-state index contributed by atoms with van der Waals surface area (Å²) in [6.45, 7) is 4.08. The highest BCUT2D eigenvalue weighted by atomic mass is 79.9. The van der Waals surface area contributed by atoms with Crippen LogP contribution in [0.4, 0.5) is 0 Å². The second-order valence-electron chi connectivity index (χ2n) is 3.93. The van der Waals surface area contributed by atoms with Crippen LogP contribution in [0.15, 0.2) is 38.9 Å². The number of halogens is 2. The number of aromatic nitrogens is 3. The van der Waals surface area contributed by atoms with Gasteiger partial charge < -0.3 is 0 Å². The Labute approximate surface area is 124 Å². The zero-order valence-electron chi connectivity index (χ0n) is 9.89. The largest absolute Gasteiger partial charge is 0.248 e. The SMILES string of the molecule is CC(C)c1nc(Cl)cc(Sc2ncccc2Br)n1. The number of hydrogen-bond acceptors (Lipinski definition) is 4. The molecule has 0 spiro atoms. The lowest BCUT2D eigenvalue weighted by Crippen LogP contribution is -1.98. The fourth-order valence-electron chi connectivity index (χ4n) is 1.27. The molecule has 0 N–H and O–H groups in total. The van der Waals surface area contributed by atoms with E-state index in [9.17, 15) is 0 Å². The van der Waals surface area contributed by atoms with Crippen molar-refractivity contribution in [2.75, 3.05) is 0 Å². The van der Waals surface area contributed by atoms with Crippen molar-refractivity contribution in [2.45, 2.75) is 29.8 Å². The Balaban J connectivity index is 2.32. The smallest absolute Gasteiger partial charge is 0.133 e. The lowest BCUT2D eigenvalue weighted by atomic mass is 10.2. The maximum atomic E-state index is 6.00. The summed E-state index contributed by atoms with van der Waals surface area (Å²) in [7, 11) is 0. The average molecular weight is 345 g/mol. The van der Waals surface area contributed by atoms with Gasteiger partial charge in [-0.15, -0.1) is 0 Å². The Morgan fingerprint density at radius 2 is 2.11 bits per heavy atom. The molecule has 0 aromatic carbocycles. The maximum absolute atomic E-state index is 6.00. The van der Waals surface area contributed by atoms with E-state index in [1.807, 2.05) is 26.0 Å². The second-order valence-corrected chi connectivity index (χ2v) is 6.18. The van der Waals surface area contributed by atoms with Crippen molar-refractivity contribution < 1.29 is 0 Å². The van der Waals surface area contributed by atoms with Crippen LogP contribution in [-0.4, -0.2) is 15.0 Å². The summed E-state index contributed by atoms with van der Waals surface area (Å²) in [4.78, 5) is 13.0. The summed E-state index contributed by atoms with van der Waals surface area (Å²) in [5.74, 6) is 0.993. The van der Waals surface area contributed by atoms with Crippen molar-refractivity contribution in [3.63, 3.8) is 0 Å². The quantitative estimate of drug-likeness (QED) is 0.765.